The average Bonchev–Trinajstić information content (AvgIpc) is 2.65. The predicted molar refractivity (Wildman–Crippen MR) is 95.8 cm³/mol. The zero-order valence-corrected chi connectivity index (χ0v) is 14.6. The van der Waals surface area contributed by atoms with Crippen molar-refractivity contribution in [3.63, 3.8) is 0 Å². The molecule has 0 radical (unpaired) electrons. The number of carbonyl (C=O) groups excluding carboxylic acids is 1. The van der Waals surface area contributed by atoms with E-state index in [0.29, 0.717) is 5.03 Å². The van der Waals surface area contributed by atoms with Crippen molar-refractivity contribution in [1.82, 2.24) is 4.98 Å². The first-order valence-corrected chi connectivity index (χ1v) is 9.02. The van der Waals surface area contributed by atoms with Crippen LogP contribution in [0.2, 0.25) is 0 Å². The lowest BCUT2D eigenvalue weighted by Crippen LogP contribution is -2.24. The highest BCUT2D eigenvalue weighted by molar-refractivity contribution is 7.97. The predicted octanol–water partition coefficient (Wildman–Crippen LogP) is 4.53. The van der Waals surface area contributed by atoms with Gasteiger partial charge in [0, 0.05) is 17.8 Å². The quantitative estimate of drug-likeness (QED) is 0.784. The molecule has 0 atom stereocenters. The molecule has 7 heteroatoms. The number of hydrogen-bond donors (Lipinski definition) is 2. The minimum atomic E-state index is -0.799. The third-order valence-corrected chi connectivity index (χ3v) is 4.39. The molecule has 0 aliphatic heterocycles. The highest BCUT2D eigenvalue weighted by atomic mass is 32.2. The number of nitrogens with one attached hydrogen (secondary N) is 1. The molecule has 1 aliphatic carbocycles. The van der Waals surface area contributed by atoms with Gasteiger partial charge in [0.2, 0.25) is 5.91 Å². The highest BCUT2D eigenvalue weighted by Gasteiger charge is 2.20. The summed E-state index contributed by atoms with van der Waals surface area (Å²) >= 11 is 1.08. The lowest BCUT2D eigenvalue weighted by atomic mass is 9.88. The van der Waals surface area contributed by atoms with Crippen molar-refractivity contribution in [2.45, 2.75) is 37.1 Å². The lowest BCUT2D eigenvalue weighted by Gasteiger charge is -2.20. The number of halogens is 2. The van der Waals surface area contributed by atoms with E-state index < -0.39 is 11.6 Å². The number of carbonyl (C=O) groups is 1. The molecular formula is C18H21F2N3OS. The molecule has 1 amide bonds. The monoisotopic (exact) mass is 365 g/mol. The van der Waals surface area contributed by atoms with Crippen molar-refractivity contribution in [3.05, 3.63) is 54.2 Å². The van der Waals surface area contributed by atoms with Crippen molar-refractivity contribution in [1.29, 1.82) is 0 Å². The van der Waals surface area contributed by atoms with Gasteiger partial charge in [0.1, 0.15) is 5.03 Å². The molecular weight excluding hydrogens is 344 g/mol. The van der Waals surface area contributed by atoms with Gasteiger partial charge in [-0.25, -0.2) is 13.8 Å². The number of benzene rings is 1. The standard InChI is InChI=1S/C12H17N3OS.C6H4F2/c13-17-11-8-10(6-7-14-11)15-12(16)9-4-2-1-3-5-9;7-5-3-1-2-4-6(5)8/h6-9H,1-5,13H2,(H,14,15,16);1-4H. The van der Waals surface area contributed by atoms with Crippen LogP contribution >= 0.6 is 11.9 Å². The number of pyridine rings is 1. The van der Waals surface area contributed by atoms with Crippen LogP contribution in [0.5, 0.6) is 0 Å². The van der Waals surface area contributed by atoms with Crippen molar-refractivity contribution in [2.24, 2.45) is 11.1 Å². The SMILES string of the molecule is Fc1ccccc1F.NSc1cc(NC(=O)C2CCCCC2)ccn1. The minimum Gasteiger partial charge on any atom is -0.326 e. The smallest absolute Gasteiger partial charge is 0.227 e. The van der Waals surface area contributed by atoms with Gasteiger partial charge in [-0.2, -0.15) is 0 Å². The maximum atomic E-state index is 12.0. The Kier molecular flexibility index (Phi) is 7.81. The molecule has 0 saturated heterocycles. The number of nitrogens with two attached hydrogens (primary N) is 1. The Morgan fingerprint density at radius 1 is 1.12 bits per heavy atom. The first-order valence-electron chi connectivity index (χ1n) is 8.14. The topological polar surface area (TPSA) is 68.0 Å². The first-order chi connectivity index (χ1) is 12.1. The van der Waals surface area contributed by atoms with Crippen LogP contribution in [0.25, 0.3) is 0 Å². The molecule has 2 aromatic rings. The average molecular weight is 365 g/mol. The Balaban J connectivity index is 0.000000236. The number of nitrogens with zero attached hydrogens (tertiary/aromatic N) is 1. The van der Waals surface area contributed by atoms with Crippen LogP contribution < -0.4 is 10.5 Å². The summed E-state index contributed by atoms with van der Waals surface area (Å²) in [6.07, 6.45) is 7.26. The minimum absolute atomic E-state index is 0.129. The largest absolute Gasteiger partial charge is 0.326 e. The second-order valence-electron chi connectivity index (χ2n) is 5.74. The number of aromatic nitrogens is 1. The summed E-state index contributed by atoms with van der Waals surface area (Å²) in [4.78, 5) is 16.1. The first kappa shape index (κ1) is 19.3. The number of anilines is 1. The summed E-state index contributed by atoms with van der Waals surface area (Å²) < 4.78 is 23.9. The molecule has 3 rings (SSSR count). The van der Waals surface area contributed by atoms with E-state index >= 15 is 0 Å². The summed E-state index contributed by atoms with van der Waals surface area (Å²) in [5, 5.41) is 9.09. The Morgan fingerprint density at radius 2 is 1.76 bits per heavy atom. The second-order valence-corrected chi connectivity index (χ2v) is 6.39. The second kappa shape index (κ2) is 10.1. The number of rotatable bonds is 3. The van der Waals surface area contributed by atoms with E-state index in [1.165, 1.54) is 31.4 Å². The van der Waals surface area contributed by atoms with Gasteiger partial charge in [-0.3, -0.25) is 9.93 Å². The number of amides is 1. The third kappa shape index (κ3) is 6.43. The van der Waals surface area contributed by atoms with Crippen molar-refractivity contribution in [3.8, 4) is 0 Å². The summed E-state index contributed by atoms with van der Waals surface area (Å²) in [5.74, 6) is -1.30. The van der Waals surface area contributed by atoms with E-state index in [2.05, 4.69) is 10.3 Å². The van der Waals surface area contributed by atoms with Crippen molar-refractivity contribution in [2.75, 3.05) is 5.32 Å². The summed E-state index contributed by atoms with van der Waals surface area (Å²) in [5.41, 5.74) is 0.781. The number of hydrogen-bond acceptors (Lipinski definition) is 4. The van der Waals surface area contributed by atoms with Gasteiger partial charge in [-0.05, 0) is 49.1 Å². The maximum absolute atomic E-state index is 12.0. The molecule has 1 fully saturated rings. The fourth-order valence-electron chi connectivity index (χ4n) is 2.60. The van der Waals surface area contributed by atoms with Crippen LogP contribution in [-0.2, 0) is 4.79 Å². The fourth-order valence-corrected chi connectivity index (χ4v) is 2.92. The Labute approximate surface area is 150 Å². The van der Waals surface area contributed by atoms with E-state index in [0.717, 1.165) is 42.6 Å². The molecule has 4 nitrogen and oxygen atoms in total. The van der Waals surface area contributed by atoms with E-state index in [1.54, 1.807) is 18.3 Å². The van der Waals surface area contributed by atoms with Crippen LogP contribution in [0.15, 0.2) is 47.6 Å². The zero-order chi connectivity index (χ0) is 18.1. The van der Waals surface area contributed by atoms with Crippen LogP contribution in [0.3, 0.4) is 0 Å². The molecule has 0 spiro atoms. The molecule has 1 aromatic heterocycles. The van der Waals surface area contributed by atoms with Crippen molar-refractivity contribution >= 4 is 23.5 Å². The van der Waals surface area contributed by atoms with E-state index in [9.17, 15) is 13.6 Å². The van der Waals surface area contributed by atoms with Gasteiger partial charge in [0.25, 0.3) is 0 Å². The van der Waals surface area contributed by atoms with Crippen LogP contribution in [-0.4, -0.2) is 10.9 Å². The molecule has 134 valence electrons. The normalized spacial score (nSPS) is 14.4. The summed E-state index contributed by atoms with van der Waals surface area (Å²) in [6, 6.07) is 8.63. The molecule has 1 aromatic carbocycles. The summed E-state index contributed by atoms with van der Waals surface area (Å²) in [7, 11) is 0. The highest BCUT2D eigenvalue weighted by Crippen LogP contribution is 2.25. The van der Waals surface area contributed by atoms with Gasteiger partial charge in [0.05, 0.1) is 0 Å². The molecule has 1 heterocycles. The van der Waals surface area contributed by atoms with Crippen LogP contribution in [0.4, 0.5) is 14.5 Å². The van der Waals surface area contributed by atoms with E-state index in [-0.39, 0.29) is 11.8 Å². The molecule has 1 aliphatic rings. The third-order valence-electron chi connectivity index (χ3n) is 3.92. The zero-order valence-electron chi connectivity index (χ0n) is 13.8. The van der Waals surface area contributed by atoms with Gasteiger partial charge in [-0.1, -0.05) is 31.4 Å². The molecule has 1 saturated carbocycles. The molecule has 25 heavy (non-hydrogen) atoms. The Hall–Kier alpha value is -1.99. The van der Waals surface area contributed by atoms with Gasteiger partial charge in [0.15, 0.2) is 11.6 Å². The van der Waals surface area contributed by atoms with Crippen molar-refractivity contribution < 1.29 is 13.6 Å². The van der Waals surface area contributed by atoms with Gasteiger partial charge in [-0.15, -0.1) is 0 Å². The molecule has 0 unspecified atom stereocenters. The maximum Gasteiger partial charge on any atom is 0.227 e. The summed E-state index contributed by atoms with van der Waals surface area (Å²) in [6.45, 7) is 0. The fraction of sp³-hybridized carbons (Fsp3) is 0.333. The van der Waals surface area contributed by atoms with Gasteiger partial charge >= 0.3 is 0 Å². The van der Waals surface area contributed by atoms with Crippen LogP contribution in [0.1, 0.15) is 32.1 Å². The molecule has 0 bridgehead atoms. The van der Waals surface area contributed by atoms with Crippen LogP contribution in [0, 0.1) is 17.6 Å². The Bertz CT molecular complexity index is 673. The van der Waals surface area contributed by atoms with E-state index in [4.69, 9.17) is 5.14 Å². The Morgan fingerprint density at radius 3 is 2.32 bits per heavy atom. The van der Waals surface area contributed by atoms with E-state index in [1.807, 2.05) is 0 Å². The van der Waals surface area contributed by atoms with Gasteiger partial charge < -0.3 is 5.32 Å². The molecule has 3 N–H and O–H groups in total. The lowest BCUT2D eigenvalue weighted by molar-refractivity contribution is -0.120.